The Morgan fingerprint density at radius 3 is 2.44 bits per heavy atom. The van der Waals surface area contributed by atoms with Gasteiger partial charge in [-0.05, 0) is 72.4 Å². The summed E-state index contributed by atoms with van der Waals surface area (Å²) in [5, 5.41) is 0. The van der Waals surface area contributed by atoms with Crippen LogP contribution in [0.25, 0.3) is 6.08 Å². The standard InChI is InChI=1S/C34H33FN2O5S/c1-6-41-33(39)30-21(4)36-34-37(31(30)25-12-10-24(11-13-25)20(2)3)32(38)29(43-34)18-23-9-16-27(28(17-23)40-5)42-19-22-7-14-26(35)15-8-22/h7-18,20,31H,6,19H2,1-5H3/b29-18-/t31-/m0/s1. The van der Waals surface area contributed by atoms with E-state index in [9.17, 15) is 14.0 Å². The van der Waals surface area contributed by atoms with Crippen molar-refractivity contribution in [3.05, 3.63) is 126 Å². The predicted molar refractivity (Wildman–Crippen MR) is 165 cm³/mol. The molecule has 1 aromatic heterocycles. The van der Waals surface area contributed by atoms with E-state index in [1.54, 1.807) is 55.9 Å². The first-order valence-electron chi connectivity index (χ1n) is 14.0. The molecular formula is C34H33FN2O5S. The van der Waals surface area contributed by atoms with E-state index in [4.69, 9.17) is 14.2 Å². The highest BCUT2D eigenvalue weighted by Gasteiger charge is 2.33. The third-order valence-electron chi connectivity index (χ3n) is 7.23. The van der Waals surface area contributed by atoms with Gasteiger partial charge in [0.25, 0.3) is 5.56 Å². The molecule has 1 aliphatic heterocycles. The number of aromatic nitrogens is 1. The molecule has 1 atom stereocenters. The van der Waals surface area contributed by atoms with Crippen LogP contribution in [0.3, 0.4) is 0 Å². The fourth-order valence-electron chi connectivity index (χ4n) is 4.96. The molecule has 2 heterocycles. The molecule has 0 fully saturated rings. The third kappa shape index (κ3) is 6.32. The maximum Gasteiger partial charge on any atom is 0.338 e. The lowest BCUT2D eigenvalue weighted by Gasteiger charge is -2.25. The quantitative estimate of drug-likeness (QED) is 0.232. The second kappa shape index (κ2) is 12.8. The average molecular weight is 601 g/mol. The van der Waals surface area contributed by atoms with Crippen LogP contribution in [0.5, 0.6) is 11.5 Å². The van der Waals surface area contributed by atoms with E-state index in [1.807, 2.05) is 30.3 Å². The van der Waals surface area contributed by atoms with Crippen LogP contribution in [0.15, 0.2) is 87.8 Å². The van der Waals surface area contributed by atoms with E-state index in [-0.39, 0.29) is 24.6 Å². The van der Waals surface area contributed by atoms with Crippen molar-refractivity contribution in [2.75, 3.05) is 13.7 Å². The number of esters is 1. The summed E-state index contributed by atoms with van der Waals surface area (Å²) in [5.41, 5.74) is 4.13. The van der Waals surface area contributed by atoms with Gasteiger partial charge in [-0.15, -0.1) is 0 Å². The lowest BCUT2D eigenvalue weighted by molar-refractivity contribution is -0.139. The summed E-state index contributed by atoms with van der Waals surface area (Å²) >= 11 is 1.26. The summed E-state index contributed by atoms with van der Waals surface area (Å²) in [6.07, 6.45) is 1.78. The van der Waals surface area contributed by atoms with Gasteiger partial charge in [0.2, 0.25) is 0 Å². The Bertz CT molecular complexity index is 1850. The van der Waals surface area contributed by atoms with Gasteiger partial charge in [0.15, 0.2) is 16.3 Å². The van der Waals surface area contributed by atoms with Crippen LogP contribution in [0, 0.1) is 5.82 Å². The normalized spacial score (nSPS) is 14.9. The van der Waals surface area contributed by atoms with E-state index < -0.39 is 12.0 Å². The zero-order valence-electron chi connectivity index (χ0n) is 24.7. The van der Waals surface area contributed by atoms with Crippen LogP contribution in [0.2, 0.25) is 0 Å². The molecule has 43 heavy (non-hydrogen) atoms. The van der Waals surface area contributed by atoms with Crippen molar-refractivity contribution in [3.63, 3.8) is 0 Å². The first-order chi connectivity index (χ1) is 20.7. The van der Waals surface area contributed by atoms with Gasteiger partial charge in [-0.1, -0.05) is 67.6 Å². The summed E-state index contributed by atoms with van der Waals surface area (Å²) in [4.78, 5) is 32.2. The summed E-state index contributed by atoms with van der Waals surface area (Å²) in [5.74, 6) is 0.558. The molecule has 0 saturated carbocycles. The lowest BCUT2D eigenvalue weighted by atomic mass is 9.93. The highest BCUT2D eigenvalue weighted by atomic mass is 32.1. The number of benzene rings is 3. The van der Waals surface area contributed by atoms with Crippen molar-refractivity contribution < 1.29 is 23.4 Å². The fraction of sp³-hybridized carbons (Fsp3) is 0.265. The first-order valence-corrected chi connectivity index (χ1v) is 14.9. The van der Waals surface area contributed by atoms with Gasteiger partial charge in [-0.3, -0.25) is 9.36 Å². The monoisotopic (exact) mass is 600 g/mol. The molecule has 5 rings (SSSR count). The Labute approximate surface area is 253 Å². The number of ether oxygens (including phenoxy) is 3. The van der Waals surface area contributed by atoms with Crippen LogP contribution >= 0.6 is 11.3 Å². The smallest absolute Gasteiger partial charge is 0.338 e. The van der Waals surface area contributed by atoms with Gasteiger partial charge in [0.1, 0.15) is 12.4 Å². The summed E-state index contributed by atoms with van der Waals surface area (Å²) in [6, 6.07) is 18.8. The number of methoxy groups -OCH3 is 1. The molecule has 7 nitrogen and oxygen atoms in total. The molecule has 1 aliphatic rings. The zero-order valence-corrected chi connectivity index (χ0v) is 25.5. The molecule has 4 aromatic rings. The number of nitrogens with zero attached hydrogens (tertiary/aromatic N) is 2. The molecule has 0 unspecified atom stereocenters. The van der Waals surface area contributed by atoms with Gasteiger partial charge in [-0.2, -0.15) is 0 Å². The van der Waals surface area contributed by atoms with Crippen LogP contribution in [0.1, 0.15) is 61.9 Å². The molecule has 0 amide bonds. The van der Waals surface area contributed by atoms with E-state index in [0.29, 0.717) is 38.0 Å². The van der Waals surface area contributed by atoms with Gasteiger partial charge in [-0.25, -0.2) is 14.2 Å². The molecule has 9 heteroatoms. The zero-order chi connectivity index (χ0) is 30.7. The Balaban J connectivity index is 1.54. The van der Waals surface area contributed by atoms with Crippen molar-refractivity contribution in [3.8, 4) is 11.5 Å². The minimum Gasteiger partial charge on any atom is -0.493 e. The molecule has 3 aromatic carbocycles. The summed E-state index contributed by atoms with van der Waals surface area (Å²) < 4.78 is 32.1. The molecular weight excluding hydrogens is 567 g/mol. The fourth-order valence-corrected chi connectivity index (χ4v) is 6.00. The lowest BCUT2D eigenvalue weighted by Crippen LogP contribution is -2.39. The van der Waals surface area contributed by atoms with E-state index in [0.717, 1.165) is 22.3 Å². The van der Waals surface area contributed by atoms with E-state index >= 15 is 0 Å². The highest BCUT2D eigenvalue weighted by Crippen LogP contribution is 2.32. The average Bonchev–Trinajstić information content (AvgIpc) is 3.30. The Kier molecular flexibility index (Phi) is 8.92. The Morgan fingerprint density at radius 1 is 1.07 bits per heavy atom. The largest absolute Gasteiger partial charge is 0.493 e. The second-order valence-corrected chi connectivity index (χ2v) is 11.5. The number of thiazole rings is 1. The topological polar surface area (TPSA) is 79.1 Å². The van der Waals surface area contributed by atoms with Crippen LogP contribution in [0.4, 0.5) is 4.39 Å². The number of allylic oxidation sites excluding steroid dienone is 1. The summed E-state index contributed by atoms with van der Waals surface area (Å²) in [6.45, 7) is 8.22. The number of rotatable bonds is 9. The van der Waals surface area contributed by atoms with Gasteiger partial charge in [0.05, 0.1) is 35.6 Å². The second-order valence-electron chi connectivity index (χ2n) is 10.4. The van der Waals surface area contributed by atoms with Gasteiger partial charge < -0.3 is 14.2 Å². The van der Waals surface area contributed by atoms with Gasteiger partial charge in [0, 0.05) is 0 Å². The Hall–Kier alpha value is -4.50. The van der Waals surface area contributed by atoms with Crippen LogP contribution in [-0.4, -0.2) is 24.3 Å². The number of carbonyl (C=O) groups is 1. The maximum absolute atomic E-state index is 13.9. The molecule has 0 N–H and O–H groups in total. The van der Waals surface area contributed by atoms with Crippen molar-refractivity contribution in [1.82, 2.24) is 4.57 Å². The number of carbonyl (C=O) groups excluding carboxylic acids is 1. The minimum absolute atomic E-state index is 0.213. The van der Waals surface area contributed by atoms with Crippen molar-refractivity contribution in [1.29, 1.82) is 0 Å². The summed E-state index contributed by atoms with van der Waals surface area (Å²) in [7, 11) is 1.54. The van der Waals surface area contributed by atoms with Crippen molar-refractivity contribution in [2.24, 2.45) is 4.99 Å². The predicted octanol–water partition coefficient (Wildman–Crippen LogP) is 5.65. The first kappa shape index (κ1) is 30.0. The number of halogens is 1. The van der Waals surface area contributed by atoms with Crippen molar-refractivity contribution in [2.45, 2.75) is 46.3 Å². The maximum atomic E-state index is 13.9. The van der Waals surface area contributed by atoms with Crippen molar-refractivity contribution >= 4 is 23.4 Å². The van der Waals surface area contributed by atoms with Gasteiger partial charge >= 0.3 is 5.97 Å². The number of hydrogen-bond donors (Lipinski definition) is 0. The molecule has 0 saturated heterocycles. The van der Waals surface area contributed by atoms with E-state index in [2.05, 4.69) is 18.8 Å². The molecule has 0 spiro atoms. The number of hydrogen-bond acceptors (Lipinski definition) is 7. The SMILES string of the molecule is CCOC(=O)C1=C(C)N=c2s/c(=C\c3ccc(OCc4ccc(F)cc4)c(OC)c3)c(=O)n2[C@H]1c1ccc(C(C)C)cc1. The van der Waals surface area contributed by atoms with Crippen LogP contribution < -0.4 is 24.4 Å². The Morgan fingerprint density at radius 2 is 1.79 bits per heavy atom. The minimum atomic E-state index is -0.671. The molecule has 222 valence electrons. The van der Waals surface area contributed by atoms with E-state index in [1.165, 1.54) is 23.5 Å². The van der Waals surface area contributed by atoms with Crippen LogP contribution in [-0.2, 0) is 16.1 Å². The highest BCUT2D eigenvalue weighted by molar-refractivity contribution is 7.07. The molecule has 0 radical (unpaired) electrons. The molecule has 0 aliphatic carbocycles. The molecule has 0 bridgehead atoms. The third-order valence-corrected chi connectivity index (χ3v) is 8.21. The number of fused-ring (bicyclic) bond motifs is 1.